The third-order valence-electron chi connectivity index (χ3n) is 3.74. The predicted molar refractivity (Wildman–Crippen MR) is 86.2 cm³/mol. The molecule has 0 aromatic heterocycles. The molecule has 0 heterocycles. The zero-order valence-corrected chi connectivity index (χ0v) is 13.6. The summed E-state index contributed by atoms with van der Waals surface area (Å²) < 4.78 is 33.3. The van der Waals surface area contributed by atoms with E-state index in [2.05, 4.69) is 0 Å². The second-order valence-electron chi connectivity index (χ2n) is 5.50. The average Bonchev–Trinajstić information content (AvgIpc) is 2.49. The third kappa shape index (κ3) is 3.95. The van der Waals surface area contributed by atoms with Crippen molar-refractivity contribution in [2.24, 2.45) is 0 Å². The van der Waals surface area contributed by atoms with Crippen molar-refractivity contribution in [3.8, 4) is 11.1 Å². The Morgan fingerprint density at radius 2 is 1.87 bits per heavy atom. The summed E-state index contributed by atoms with van der Waals surface area (Å²) in [6.45, 7) is 5.48. The van der Waals surface area contributed by atoms with E-state index in [0.29, 0.717) is 28.9 Å². The molecule has 2 aromatic carbocycles. The number of carbonyl (C=O) groups excluding carboxylic acids is 1. The van der Waals surface area contributed by atoms with Crippen LogP contribution in [0.1, 0.15) is 30.0 Å². The van der Waals surface area contributed by atoms with Crippen molar-refractivity contribution in [1.29, 1.82) is 0 Å². The molecule has 0 saturated heterocycles. The molecule has 0 saturated carbocycles. The molecule has 2 rings (SSSR count). The second-order valence-corrected chi connectivity index (χ2v) is 5.50. The van der Waals surface area contributed by atoms with Gasteiger partial charge in [0.25, 0.3) is 0 Å². The molecule has 0 aliphatic heterocycles. The molecule has 0 N–H and O–H groups in total. The maximum atomic E-state index is 14.3. The first kappa shape index (κ1) is 17.1. The van der Waals surface area contributed by atoms with Crippen LogP contribution in [-0.2, 0) is 16.0 Å². The Bertz CT molecular complexity index is 703. The fourth-order valence-electron chi connectivity index (χ4n) is 2.64. The van der Waals surface area contributed by atoms with Crippen molar-refractivity contribution in [3.63, 3.8) is 0 Å². The Kier molecular flexibility index (Phi) is 5.48. The first-order valence-corrected chi connectivity index (χ1v) is 7.64. The van der Waals surface area contributed by atoms with E-state index in [0.717, 1.165) is 5.56 Å². The van der Waals surface area contributed by atoms with Crippen LogP contribution in [0.25, 0.3) is 11.1 Å². The van der Waals surface area contributed by atoms with Gasteiger partial charge in [-0.3, -0.25) is 4.79 Å². The van der Waals surface area contributed by atoms with Gasteiger partial charge in [0.05, 0.1) is 6.61 Å². The first-order chi connectivity index (χ1) is 10.9. The van der Waals surface area contributed by atoms with Crippen LogP contribution >= 0.6 is 0 Å². The molecule has 0 bridgehead atoms. The first-order valence-electron chi connectivity index (χ1n) is 7.64. The molecule has 4 heteroatoms. The van der Waals surface area contributed by atoms with Crippen molar-refractivity contribution in [2.75, 3.05) is 6.61 Å². The highest BCUT2D eigenvalue weighted by Gasteiger charge is 2.14. The molecule has 0 radical (unpaired) electrons. The van der Waals surface area contributed by atoms with E-state index in [4.69, 9.17) is 4.74 Å². The number of rotatable bonds is 5. The van der Waals surface area contributed by atoms with E-state index in [1.807, 2.05) is 13.0 Å². The molecule has 0 spiro atoms. The minimum Gasteiger partial charge on any atom is -0.466 e. The molecule has 0 fully saturated rings. The van der Waals surface area contributed by atoms with E-state index in [1.54, 1.807) is 32.0 Å². The average molecular weight is 318 g/mol. The van der Waals surface area contributed by atoms with Crippen LogP contribution in [0.15, 0.2) is 30.3 Å². The summed E-state index contributed by atoms with van der Waals surface area (Å²) in [4.78, 5) is 11.5. The standard InChI is InChI=1S/C19H20F2O2/c1-4-23-17(22)9-8-14-11-15(10-13(3)19(14)21)18-12(2)6-5-7-16(18)20/h5-7,10-11H,4,8-9H2,1-3H3. The van der Waals surface area contributed by atoms with Crippen LogP contribution < -0.4 is 0 Å². The number of hydrogen-bond acceptors (Lipinski definition) is 2. The van der Waals surface area contributed by atoms with Gasteiger partial charge in [-0.2, -0.15) is 0 Å². The SMILES string of the molecule is CCOC(=O)CCc1cc(-c2c(C)cccc2F)cc(C)c1F. The summed E-state index contributed by atoms with van der Waals surface area (Å²) in [5.41, 5.74) is 2.71. The molecule has 0 aliphatic rings. The minimum atomic E-state index is -0.364. The molecule has 122 valence electrons. The van der Waals surface area contributed by atoms with Crippen LogP contribution in [0.5, 0.6) is 0 Å². The predicted octanol–water partition coefficient (Wildman–Crippen LogP) is 4.74. The third-order valence-corrected chi connectivity index (χ3v) is 3.74. The van der Waals surface area contributed by atoms with Gasteiger partial charge in [0.1, 0.15) is 11.6 Å². The van der Waals surface area contributed by atoms with E-state index in [-0.39, 0.29) is 30.4 Å². The molecule has 0 unspecified atom stereocenters. The van der Waals surface area contributed by atoms with Gasteiger partial charge in [0.15, 0.2) is 0 Å². The molecular weight excluding hydrogens is 298 g/mol. The number of carbonyl (C=O) groups is 1. The summed E-state index contributed by atoms with van der Waals surface area (Å²) in [5, 5.41) is 0. The van der Waals surface area contributed by atoms with E-state index < -0.39 is 0 Å². The van der Waals surface area contributed by atoms with Crippen molar-refractivity contribution in [1.82, 2.24) is 0 Å². The van der Waals surface area contributed by atoms with Gasteiger partial charge in [0, 0.05) is 12.0 Å². The van der Waals surface area contributed by atoms with Crippen LogP contribution in [-0.4, -0.2) is 12.6 Å². The van der Waals surface area contributed by atoms with Gasteiger partial charge < -0.3 is 4.74 Å². The van der Waals surface area contributed by atoms with Crippen LogP contribution in [0.3, 0.4) is 0 Å². The van der Waals surface area contributed by atoms with Gasteiger partial charge >= 0.3 is 5.97 Å². The van der Waals surface area contributed by atoms with Crippen molar-refractivity contribution >= 4 is 5.97 Å². The number of halogens is 2. The van der Waals surface area contributed by atoms with Gasteiger partial charge in [-0.15, -0.1) is 0 Å². The normalized spacial score (nSPS) is 10.7. The highest BCUT2D eigenvalue weighted by molar-refractivity contribution is 5.71. The largest absolute Gasteiger partial charge is 0.466 e. The maximum absolute atomic E-state index is 14.3. The topological polar surface area (TPSA) is 26.3 Å². The number of benzene rings is 2. The quantitative estimate of drug-likeness (QED) is 0.744. The van der Waals surface area contributed by atoms with Gasteiger partial charge in [-0.25, -0.2) is 8.78 Å². The Labute approximate surface area is 135 Å². The molecule has 0 atom stereocenters. The lowest BCUT2D eigenvalue weighted by Crippen LogP contribution is -2.06. The lowest BCUT2D eigenvalue weighted by Gasteiger charge is -2.12. The van der Waals surface area contributed by atoms with Crippen molar-refractivity contribution in [2.45, 2.75) is 33.6 Å². The highest BCUT2D eigenvalue weighted by atomic mass is 19.1. The van der Waals surface area contributed by atoms with Crippen LogP contribution in [0, 0.1) is 25.5 Å². The minimum absolute atomic E-state index is 0.101. The van der Waals surface area contributed by atoms with Gasteiger partial charge in [-0.05, 0) is 67.6 Å². The van der Waals surface area contributed by atoms with E-state index in [9.17, 15) is 13.6 Å². The summed E-state index contributed by atoms with van der Waals surface area (Å²) in [6, 6.07) is 8.10. The van der Waals surface area contributed by atoms with Gasteiger partial charge in [0.2, 0.25) is 0 Å². The molecule has 2 nitrogen and oxygen atoms in total. The number of aryl methyl sites for hydroxylation is 3. The summed E-state index contributed by atoms with van der Waals surface area (Å²) in [7, 11) is 0. The number of ether oxygens (including phenoxy) is 1. The van der Waals surface area contributed by atoms with Crippen molar-refractivity contribution in [3.05, 3.63) is 58.7 Å². The van der Waals surface area contributed by atoms with Crippen molar-refractivity contribution < 1.29 is 18.3 Å². The summed E-state index contributed by atoms with van der Waals surface area (Å²) in [5.74, 6) is -1.06. The maximum Gasteiger partial charge on any atom is 0.306 e. The Morgan fingerprint density at radius 3 is 2.52 bits per heavy atom. The second kappa shape index (κ2) is 7.36. The zero-order valence-electron chi connectivity index (χ0n) is 13.6. The fraction of sp³-hybridized carbons (Fsp3) is 0.316. The Morgan fingerprint density at radius 1 is 1.13 bits per heavy atom. The lowest BCUT2D eigenvalue weighted by molar-refractivity contribution is -0.143. The van der Waals surface area contributed by atoms with E-state index >= 15 is 0 Å². The number of esters is 1. The summed E-state index contributed by atoms with van der Waals surface area (Å²) >= 11 is 0. The molecule has 0 aliphatic carbocycles. The molecule has 2 aromatic rings. The molecule has 23 heavy (non-hydrogen) atoms. The van der Waals surface area contributed by atoms with Gasteiger partial charge in [-0.1, -0.05) is 12.1 Å². The highest BCUT2D eigenvalue weighted by Crippen LogP contribution is 2.30. The van der Waals surface area contributed by atoms with Crippen LogP contribution in [0.4, 0.5) is 8.78 Å². The number of hydrogen-bond donors (Lipinski definition) is 0. The Hall–Kier alpha value is -2.23. The molecule has 0 amide bonds. The zero-order chi connectivity index (χ0) is 17.0. The lowest BCUT2D eigenvalue weighted by atomic mass is 9.94. The van der Waals surface area contributed by atoms with Crippen LogP contribution in [0.2, 0.25) is 0 Å². The fourth-order valence-corrected chi connectivity index (χ4v) is 2.64. The monoisotopic (exact) mass is 318 g/mol. The van der Waals surface area contributed by atoms with E-state index in [1.165, 1.54) is 6.07 Å². The molecular formula is C19H20F2O2. The smallest absolute Gasteiger partial charge is 0.306 e. The summed E-state index contributed by atoms with van der Waals surface area (Å²) in [6.07, 6.45) is 0.330. The Balaban J connectivity index is 2.38.